The molecule has 0 unspecified atom stereocenters. The van der Waals surface area contributed by atoms with Crippen molar-refractivity contribution in [2.45, 2.75) is 13.5 Å². The summed E-state index contributed by atoms with van der Waals surface area (Å²) in [5, 5.41) is 5.46. The van der Waals surface area contributed by atoms with Crippen LogP contribution in [0.4, 0.5) is 20.6 Å². The first-order valence-corrected chi connectivity index (χ1v) is 8.34. The molecule has 1 saturated heterocycles. The van der Waals surface area contributed by atoms with E-state index < -0.39 is 0 Å². The zero-order chi connectivity index (χ0) is 17.6. The number of carbonyl (C=O) groups excluding carboxylic acids is 1. The summed E-state index contributed by atoms with van der Waals surface area (Å²) in [6.45, 7) is 5.52. The number of aryl methyl sites for hydroxylation is 1. The molecule has 5 nitrogen and oxygen atoms in total. The molecule has 1 heterocycles. The Morgan fingerprint density at radius 3 is 2.60 bits per heavy atom. The topological polar surface area (TPSA) is 53.6 Å². The highest BCUT2D eigenvalue weighted by atomic mass is 19.1. The Balaban J connectivity index is 1.52. The fourth-order valence-electron chi connectivity index (χ4n) is 2.72. The van der Waals surface area contributed by atoms with Crippen LogP contribution >= 0.6 is 0 Å². The monoisotopic (exact) mass is 343 g/mol. The normalized spacial score (nSPS) is 14.2. The van der Waals surface area contributed by atoms with Crippen molar-refractivity contribution in [3.63, 3.8) is 0 Å². The van der Waals surface area contributed by atoms with Crippen LogP contribution in [0.1, 0.15) is 11.1 Å². The summed E-state index contributed by atoms with van der Waals surface area (Å²) >= 11 is 0. The van der Waals surface area contributed by atoms with Crippen LogP contribution in [0.25, 0.3) is 0 Å². The molecular weight excluding hydrogens is 321 g/mol. The number of benzene rings is 2. The number of nitrogens with zero attached hydrogens (tertiary/aromatic N) is 1. The summed E-state index contributed by atoms with van der Waals surface area (Å²) in [7, 11) is 0. The van der Waals surface area contributed by atoms with Crippen molar-refractivity contribution in [2.75, 3.05) is 36.5 Å². The predicted octanol–water partition coefficient (Wildman–Crippen LogP) is 3.29. The zero-order valence-electron chi connectivity index (χ0n) is 14.2. The minimum atomic E-state index is -0.375. The Morgan fingerprint density at radius 1 is 1.16 bits per heavy atom. The van der Waals surface area contributed by atoms with Crippen LogP contribution < -0.4 is 15.5 Å². The summed E-state index contributed by atoms with van der Waals surface area (Å²) in [6, 6.07) is 12.1. The minimum Gasteiger partial charge on any atom is -0.378 e. The molecule has 1 aliphatic rings. The highest BCUT2D eigenvalue weighted by Crippen LogP contribution is 2.17. The lowest BCUT2D eigenvalue weighted by Gasteiger charge is -2.28. The number of amides is 2. The first kappa shape index (κ1) is 17.2. The van der Waals surface area contributed by atoms with E-state index in [1.807, 2.05) is 19.1 Å². The third kappa shape index (κ3) is 4.70. The molecule has 0 aromatic heterocycles. The Labute approximate surface area is 146 Å². The molecule has 2 aromatic rings. The largest absolute Gasteiger partial charge is 0.378 e. The molecule has 2 aromatic carbocycles. The van der Waals surface area contributed by atoms with Gasteiger partial charge in [0.05, 0.1) is 13.2 Å². The average Bonchev–Trinajstić information content (AvgIpc) is 2.64. The van der Waals surface area contributed by atoms with Gasteiger partial charge in [0.15, 0.2) is 0 Å². The molecule has 2 N–H and O–H groups in total. The Kier molecular flexibility index (Phi) is 5.50. The minimum absolute atomic E-state index is 0.356. The van der Waals surface area contributed by atoms with E-state index in [1.54, 1.807) is 6.07 Å². The zero-order valence-corrected chi connectivity index (χ0v) is 14.2. The van der Waals surface area contributed by atoms with Crippen LogP contribution in [-0.2, 0) is 11.3 Å². The van der Waals surface area contributed by atoms with Crippen LogP contribution in [0.5, 0.6) is 0 Å². The van der Waals surface area contributed by atoms with Crippen LogP contribution in [0.2, 0.25) is 0 Å². The molecule has 0 aliphatic carbocycles. The fraction of sp³-hybridized carbons (Fsp3) is 0.316. The van der Waals surface area contributed by atoms with Crippen LogP contribution in [0.15, 0.2) is 42.5 Å². The Bertz CT molecular complexity index is 728. The maximum absolute atomic E-state index is 13.3. The highest BCUT2D eigenvalue weighted by molar-refractivity contribution is 5.90. The highest BCUT2D eigenvalue weighted by Gasteiger charge is 2.11. The summed E-state index contributed by atoms with van der Waals surface area (Å²) < 4.78 is 18.6. The smallest absolute Gasteiger partial charge is 0.319 e. The number of hydrogen-bond acceptors (Lipinski definition) is 3. The number of rotatable bonds is 4. The van der Waals surface area contributed by atoms with Gasteiger partial charge in [-0.3, -0.25) is 0 Å². The summed E-state index contributed by atoms with van der Waals surface area (Å²) in [5.41, 5.74) is 3.45. The van der Waals surface area contributed by atoms with Gasteiger partial charge in [0, 0.05) is 31.0 Å². The summed E-state index contributed by atoms with van der Waals surface area (Å²) in [4.78, 5) is 14.3. The first-order chi connectivity index (χ1) is 12.1. The van der Waals surface area contributed by atoms with Crippen LogP contribution in [0, 0.1) is 12.7 Å². The van der Waals surface area contributed by atoms with Gasteiger partial charge in [0.1, 0.15) is 5.82 Å². The van der Waals surface area contributed by atoms with E-state index >= 15 is 0 Å². The lowest BCUT2D eigenvalue weighted by Crippen LogP contribution is -2.36. The summed E-state index contributed by atoms with van der Waals surface area (Å²) in [5.74, 6) is -0.375. The van der Waals surface area contributed by atoms with Crippen molar-refractivity contribution in [2.24, 2.45) is 0 Å². The first-order valence-electron chi connectivity index (χ1n) is 8.34. The van der Waals surface area contributed by atoms with E-state index in [0.717, 1.165) is 43.1 Å². The van der Waals surface area contributed by atoms with Gasteiger partial charge in [-0.2, -0.15) is 0 Å². The van der Waals surface area contributed by atoms with E-state index in [0.29, 0.717) is 12.2 Å². The Hall–Kier alpha value is -2.60. The number of halogens is 1. The molecule has 0 bridgehead atoms. The van der Waals surface area contributed by atoms with E-state index in [2.05, 4.69) is 27.7 Å². The number of hydrogen-bond donors (Lipinski definition) is 2. The second-order valence-electron chi connectivity index (χ2n) is 6.03. The lowest BCUT2D eigenvalue weighted by molar-refractivity contribution is 0.122. The molecule has 0 spiro atoms. The lowest BCUT2D eigenvalue weighted by atomic mass is 10.2. The van der Waals surface area contributed by atoms with Crippen molar-refractivity contribution < 1.29 is 13.9 Å². The number of urea groups is 1. The number of morpholine rings is 1. The van der Waals surface area contributed by atoms with Crippen molar-refractivity contribution in [3.05, 3.63) is 59.4 Å². The average molecular weight is 343 g/mol. The third-order valence-corrected chi connectivity index (χ3v) is 4.21. The molecule has 132 valence electrons. The van der Waals surface area contributed by atoms with Crippen LogP contribution in [-0.4, -0.2) is 32.3 Å². The van der Waals surface area contributed by atoms with E-state index in [1.165, 1.54) is 12.1 Å². The molecule has 2 amide bonds. The van der Waals surface area contributed by atoms with Crippen molar-refractivity contribution in [1.29, 1.82) is 0 Å². The molecule has 1 aliphatic heterocycles. The van der Waals surface area contributed by atoms with E-state index in [4.69, 9.17) is 4.74 Å². The van der Waals surface area contributed by atoms with Gasteiger partial charge >= 0.3 is 6.03 Å². The molecule has 0 radical (unpaired) electrons. The number of anilines is 2. The van der Waals surface area contributed by atoms with Gasteiger partial charge in [0.2, 0.25) is 0 Å². The number of ether oxygens (including phenoxy) is 1. The molecular formula is C19H22FN3O2. The second kappa shape index (κ2) is 7.98. The van der Waals surface area contributed by atoms with E-state index in [-0.39, 0.29) is 11.8 Å². The maximum atomic E-state index is 13.3. The fourth-order valence-corrected chi connectivity index (χ4v) is 2.72. The van der Waals surface area contributed by atoms with Crippen molar-refractivity contribution >= 4 is 17.4 Å². The predicted molar refractivity (Wildman–Crippen MR) is 96.5 cm³/mol. The second-order valence-corrected chi connectivity index (χ2v) is 6.03. The van der Waals surface area contributed by atoms with Crippen molar-refractivity contribution in [1.82, 2.24) is 5.32 Å². The molecule has 0 atom stereocenters. The maximum Gasteiger partial charge on any atom is 0.319 e. The summed E-state index contributed by atoms with van der Waals surface area (Å²) in [6.07, 6.45) is 0. The number of carbonyl (C=O) groups is 1. The van der Waals surface area contributed by atoms with Gasteiger partial charge < -0.3 is 20.3 Å². The standard InChI is InChI=1S/C19H22FN3O2/c1-14-2-5-16(20)12-18(14)22-19(24)21-13-15-3-6-17(7-4-15)23-8-10-25-11-9-23/h2-7,12H,8-11,13H2,1H3,(H2,21,22,24). The number of nitrogens with one attached hydrogen (secondary N) is 2. The van der Waals surface area contributed by atoms with Gasteiger partial charge in [-0.25, -0.2) is 9.18 Å². The molecule has 0 saturated carbocycles. The van der Waals surface area contributed by atoms with Gasteiger partial charge in [-0.05, 0) is 42.3 Å². The van der Waals surface area contributed by atoms with Gasteiger partial charge in [-0.1, -0.05) is 18.2 Å². The Morgan fingerprint density at radius 2 is 1.88 bits per heavy atom. The van der Waals surface area contributed by atoms with Crippen LogP contribution in [0.3, 0.4) is 0 Å². The third-order valence-electron chi connectivity index (χ3n) is 4.21. The molecule has 1 fully saturated rings. The van der Waals surface area contributed by atoms with Gasteiger partial charge in [-0.15, -0.1) is 0 Å². The molecule has 3 rings (SSSR count). The van der Waals surface area contributed by atoms with Crippen molar-refractivity contribution in [3.8, 4) is 0 Å². The van der Waals surface area contributed by atoms with E-state index in [9.17, 15) is 9.18 Å². The molecule has 6 heteroatoms. The SMILES string of the molecule is Cc1ccc(F)cc1NC(=O)NCc1ccc(N2CCOCC2)cc1. The quantitative estimate of drug-likeness (QED) is 0.896. The molecule has 25 heavy (non-hydrogen) atoms. The van der Waals surface area contributed by atoms with Gasteiger partial charge in [0.25, 0.3) is 0 Å².